The molecular formula is C20H19F6NO2S. The molecule has 10 heteroatoms. The van der Waals surface area contributed by atoms with Crippen LogP contribution in [0, 0.1) is 0 Å². The minimum atomic E-state index is -5.08. The third-order valence-electron chi connectivity index (χ3n) is 4.35. The summed E-state index contributed by atoms with van der Waals surface area (Å²) in [6, 6.07) is 13.6. The van der Waals surface area contributed by atoms with Crippen molar-refractivity contribution in [2.75, 3.05) is 13.1 Å². The Morgan fingerprint density at radius 3 is 1.97 bits per heavy atom. The van der Waals surface area contributed by atoms with Crippen LogP contribution in [0.4, 0.5) is 26.3 Å². The summed E-state index contributed by atoms with van der Waals surface area (Å²) in [5.41, 5.74) is 0.701. The van der Waals surface area contributed by atoms with Gasteiger partial charge < -0.3 is 10.4 Å². The molecule has 2 aromatic carbocycles. The Balaban J connectivity index is 0.000000396. The maximum absolute atomic E-state index is 12.6. The first-order valence-corrected chi connectivity index (χ1v) is 9.75. The summed E-state index contributed by atoms with van der Waals surface area (Å²) in [5, 5.41) is 10.5. The lowest BCUT2D eigenvalue weighted by Gasteiger charge is -2.25. The van der Waals surface area contributed by atoms with Gasteiger partial charge in [0.05, 0.1) is 5.56 Å². The van der Waals surface area contributed by atoms with E-state index in [4.69, 9.17) is 9.90 Å². The van der Waals surface area contributed by atoms with Crippen molar-refractivity contribution >= 4 is 17.7 Å². The van der Waals surface area contributed by atoms with Gasteiger partial charge in [0, 0.05) is 9.79 Å². The number of hydrogen-bond donors (Lipinski definition) is 2. The van der Waals surface area contributed by atoms with E-state index in [0.29, 0.717) is 5.92 Å². The molecule has 1 fully saturated rings. The van der Waals surface area contributed by atoms with Crippen molar-refractivity contribution in [2.45, 2.75) is 40.9 Å². The van der Waals surface area contributed by atoms with E-state index < -0.39 is 23.9 Å². The number of alkyl halides is 6. The monoisotopic (exact) mass is 451 g/mol. The predicted octanol–water partition coefficient (Wildman–Crippen LogP) is 5.96. The summed E-state index contributed by atoms with van der Waals surface area (Å²) in [6.45, 7) is 2.04. The number of nitrogens with one attached hydrogen (secondary N) is 1. The van der Waals surface area contributed by atoms with Crippen molar-refractivity contribution in [3.8, 4) is 0 Å². The Morgan fingerprint density at radius 1 is 0.933 bits per heavy atom. The largest absolute Gasteiger partial charge is 0.490 e. The number of carboxylic acids is 1. The van der Waals surface area contributed by atoms with Crippen molar-refractivity contribution < 1.29 is 36.2 Å². The number of benzene rings is 2. The van der Waals surface area contributed by atoms with Gasteiger partial charge in [-0.1, -0.05) is 30.0 Å². The van der Waals surface area contributed by atoms with E-state index in [1.165, 1.54) is 17.3 Å². The average Bonchev–Trinajstić information content (AvgIpc) is 2.68. The molecule has 0 spiro atoms. The molecule has 3 rings (SSSR count). The van der Waals surface area contributed by atoms with Gasteiger partial charge >= 0.3 is 18.3 Å². The Morgan fingerprint density at radius 2 is 1.47 bits per heavy atom. The van der Waals surface area contributed by atoms with Gasteiger partial charge in [0.15, 0.2) is 0 Å². The van der Waals surface area contributed by atoms with Crippen molar-refractivity contribution in [3.63, 3.8) is 0 Å². The van der Waals surface area contributed by atoms with E-state index in [0.717, 1.165) is 47.9 Å². The van der Waals surface area contributed by atoms with Crippen LogP contribution in [0.25, 0.3) is 0 Å². The van der Waals surface area contributed by atoms with Gasteiger partial charge in [-0.25, -0.2) is 4.79 Å². The molecule has 0 unspecified atom stereocenters. The van der Waals surface area contributed by atoms with Crippen LogP contribution in [0.5, 0.6) is 0 Å². The van der Waals surface area contributed by atoms with Crippen molar-refractivity contribution in [1.82, 2.24) is 5.32 Å². The fourth-order valence-electron chi connectivity index (χ4n) is 2.88. The van der Waals surface area contributed by atoms with Gasteiger partial charge in [0.1, 0.15) is 0 Å². The molecule has 0 bridgehead atoms. The van der Waals surface area contributed by atoms with E-state index in [2.05, 4.69) is 17.4 Å². The molecular weight excluding hydrogens is 432 g/mol. The van der Waals surface area contributed by atoms with E-state index in [1.54, 1.807) is 12.1 Å². The van der Waals surface area contributed by atoms with E-state index in [1.807, 2.05) is 12.1 Å². The Hall–Kier alpha value is -2.20. The SMILES string of the molecule is FC(F)(F)c1ccc(Sc2ccccc2C2CCNCC2)cc1.O=C(O)C(F)(F)F. The van der Waals surface area contributed by atoms with Crippen LogP contribution < -0.4 is 5.32 Å². The lowest BCUT2D eigenvalue weighted by Crippen LogP contribution is -2.26. The van der Waals surface area contributed by atoms with Crippen LogP contribution in [-0.2, 0) is 11.0 Å². The van der Waals surface area contributed by atoms with E-state index in [-0.39, 0.29) is 0 Å². The molecule has 30 heavy (non-hydrogen) atoms. The molecule has 1 heterocycles. The Bertz CT molecular complexity index is 830. The van der Waals surface area contributed by atoms with Gasteiger partial charge in [0.2, 0.25) is 0 Å². The van der Waals surface area contributed by atoms with Gasteiger partial charge in [-0.15, -0.1) is 0 Å². The topological polar surface area (TPSA) is 49.3 Å². The zero-order chi connectivity index (χ0) is 22.4. The molecule has 2 N–H and O–H groups in total. The fraction of sp³-hybridized carbons (Fsp3) is 0.350. The minimum Gasteiger partial charge on any atom is -0.475 e. The molecule has 1 saturated heterocycles. The molecule has 0 aliphatic carbocycles. The third kappa shape index (κ3) is 7.24. The maximum atomic E-state index is 12.6. The number of hydrogen-bond acceptors (Lipinski definition) is 3. The number of halogens is 6. The van der Waals surface area contributed by atoms with Gasteiger partial charge in [-0.2, -0.15) is 26.3 Å². The Kier molecular flexibility index (Phi) is 8.19. The maximum Gasteiger partial charge on any atom is 0.490 e. The minimum absolute atomic E-state index is 0.523. The first kappa shape index (κ1) is 24.1. The summed E-state index contributed by atoms with van der Waals surface area (Å²) < 4.78 is 69.7. The van der Waals surface area contributed by atoms with Crippen molar-refractivity contribution in [1.29, 1.82) is 0 Å². The van der Waals surface area contributed by atoms with Crippen LogP contribution in [0.2, 0.25) is 0 Å². The van der Waals surface area contributed by atoms with Crippen molar-refractivity contribution in [2.24, 2.45) is 0 Å². The summed E-state index contributed by atoms with van der Waals surface area (Å²) in [6.07, 6.45) is -7.16. The lowest BCUT2D eigenvalue weighted by molar-refractivity contribution is -0.192. The second-order valence-electron chi connectivity index (χ2n) is 6.49. The Labute approximate surface area is 173 Å². The standard InChI is InChI=1S/C18H18F3NS.C2HF3O2/c19-18(20,21)14-5-7-15(8-6-14)23-17-4-2-1-3-16(17)13-9-11-22-12-10-13;3-2(4,5)1(6)7/h1-8,13,22H,9-12H2;(H,6,7). The van der Waals surface area contributed by atoms with Crippen molar-refractivity contribution in [3.05, 3.63) is 59.7 Å². The zero-order valence-corrected chi connectivity index (χ0v) is 16.4. The highest BCUT2D eigenvalue weighted by atomic mass is 32.2. The third-order valence-corrected chi connectivity index (χ3v) is 5.45. The number of rotatable bonds is 3. The lowest BCUT2D eigenvalue weighted by atomic mass is 9.90. The van der Waals surface area contributed by atoms with Crippen LogP contribution in [0.1, 0.15) is 29.9 Å². The molecule has 1 aliphatic heterocycles. The molecule has 0 saturated carbocycles. The first-order valence-electron chi connectivity index (χ1n) is 8.93. The van der Waals surface area contributed by atoms with E-state index in [9.17, 15) is 26.3 Å². The quantitative estimate of drug-likeness (QED) is 0.566. The summed E-state index contributed by atoms with van der Waals surface area (Å²) in [4.78, 5) is 10.9. The molecule has 3 nitrogen and oxygen atoms in total. The summed E-state index contributed by atoms with van der Waals surface area (Å²) >= 11 is 1.54. The number of piperidine rings is 1. The highest BCUT2D eigenvalue weighted by Gasteiger charge is 2.38. The molecule has 1 aliphatic rings. The predicted molar refractivity (Wildman–Crippen MR) is 101 cm³/mol. The fourth-order valence-corrected chi connectivity index (χ4v) is 3.91. The molecule has 0 aromatic heterocycles. The van der Waals surface area contributed by atoms with Crippen LogP contribution in [0.15, 0.2) is 58.3 Å². The number of aliphatic carboxylic acids is 1. The second-order valence-corrected chi connectivity index (χ2v) is 7.60. The van der Waals surface area contributed by atoms with Gasteiger partial charge in [-0.05, 0) is 67.7 Å². The first-order chi connectivity index (χ1) is 14.0. The number of carboxylic acid groups (broad SMARTS) is 1. The molecule has 0 radical (unpaired) electrons. The molecule has 0 amide bonds. The smallest absolute Gasteiger partial charge is 0.475 e. The van der Waals surface area contributed by atoms with Crippen LogP contribution in [-0.4, -0.2) is 30.3 Å². The highest BCUT2D eigenvalue weighted by Crippen LogP contribution is 2.38. The molecule has 164 valence electrons. The van der Waals surface area contributed by atoms with Crippen LogP contribution >= 0.6 is 11.8 Å². The van der Waals surface area contributed by atoms with E-state index >= 15 is 0 Å². The van der Waals surface area contributed by atoms with Gasteiger partial charge in [-0.3, -0.25) is 0 Å². The summed E-state index contributed by atoms with van der Waals surface area (Å²) in [5.74, 6) is -2.23. The number of carbonyl (C=O) groups is 1. The summed E-state index contributed by atoms with van der Waals surface area (Å²) in [7, 11) is 0. The normalized spacial score (nSPS) is 15.3. The van der Waals surface area contributed by atoms with Crippen LogP contribution in [0.3, 0.4) is 0 Å². The molecule has 2 aromatic rings. The highest BCUT2D eigenvalue weighted by molar-refractivity contribution is 7.99. The average molecular weight is 451 g/mol. The van der Waals surface area contributed by atoms with Gasteiger partial charge in [0.25, 0.3) is 0 Å². The second kappa shape index (κ2) is 10.2. The zero-order valence-electron chi connectivity index (χ0n) is 15.6. The molecule has 0 atom stereocenters.